The third kappa shape index (κ3) is 3.59. The van der Waals surface area contributed by atoms with Crippen molar-refractivity contribution in [3.8, 4) is 0 Å². The highest BCUT2D eigenvalue weighted by atomic mass is 35.5. The van der Waals surface area contributed by atoms with E-state index in [4.69, 9.17) is 11.6 Å². The number of piperazine rings is 1. The van der Waals surface area contributed by atoms with E-state index in [0.29, 0.717) is 26.2 Å². The first kappa shape index (κ1) is 16.5. The zero-order valence-electron chi connectivity index (χ0n) is 12.8. The van der Waals surface area contributed by atoms with Crippen LogP contribution in [0.1, 0.15) is 0 Å². The Labute approximate surface area is 143 Å². The van der Waals surface area contributed by atoms with E-state index in [0.717, 1.165) is 5.69 Å². The van der Waals surface area contributed by atoms with Gasteiger partial charge < -0.3 is 15.1 Å². The number of anilines is 2. The van der Waals surface area contributed by atoms with Crippen LogP contribution in [-0.4, -0.2) is 37.1 Å². The smallest absolute Gasteiger partial charge is 0.322 e. The fourth-order valence-corrected chi connectivity index (χ4v) is 2.83. The third-order valence-corrected chi connectivity index (χ3v) is 4.27. The molecule has 0 unspecified atom stereocenters. The number of rotatable bonds is 2. The van der Waals surface area contributed by atoms with E-state index < -0.39 is 5.82 Å². The van der Waals surface area contributed by atoms with Gasteiger partial charge in [0.25, 0.3) is 0 Å². The van der Waals surface area contributed by atoms with Crippen LogP contribution in [-0.2, 0) is 0 Å². The number of hydrogen-bond acceptors (Lipinski definition) is 2. The molecule has 126 valence electrons. The number of carbonyl (C=O) groups excluding carboxylic acids is 1. The number of hydrogen-bond donors (Lipinski definition) is 1. The molecule has 2 aromatic carbocycles. The van der Waals surface area contributed by atoms with Crippen molar-refractivity contribution in [3.63, 3.8) is 0 Å². The number of halogens is 3. The maximum Gasteiger partial charge on any atom is 0.322 e. The van der Waals surface area contributed by atoms with Gasteiger partial charge in [0.15, 0.2) is 0 Å². The molecule has 0 bridgehead atoms. The second kappa shape index (κ2) is 7.05. The predicted molar refractivity (Wildman–Crippen MR) is 90.6 cm³/mol. The van der Waals surface area contributed by atoms with E-state index in [2.05, 4.69) is 10.2 Å². The molecule has 1 fully saturated rings. The van der Waals surface area contributed by atoms with E-state index in [1.54, 1.807) is 17.0 Å². The Morgan fingerprint density at radius 3 is 2.29 bits per heavy atom. The van der Waals surface area contributed by atoms with Crippen LogP contribution in [0.5, 0.6) is 0 Å². The van der Waals surface area contributed by atoms with E-state index in [1.807, 2.05) is 0 Å². The van der Waals surface area contributed by atoms with Gasteiger partial charge in [-0.1, -0.05) is 17.7 Å². The van der Waals surface area contributed by atoms with Crippen molar-refractivity contribution in [3.05, 3.63) is 59.1 Å². The molecule has 2 amide bonds. The van der Waals surface area contributed by atoms with Gasteiger partial charge in [0.2, 0.25) is 0 Å². The largest absolute Gasteiger partial charge is 0.368 e. The Hall–Kier alpha value is -2.34. The molecule has 3 rings (SSSR count). The van der Waals surface area contributed by atoms with Crippen LogP contribution in [0, 0.1) is 11.6 Å². The summed E-state index contributed by atoms with van der Waals surface area (Å²) in [5.74, 6) is -0.848. The van der Waals surface area contributed by atoms with Gasteiger partial charge in [-0.2, -0.15) is 0 Å². The van der Waals surface area contributed by atoms with Crippen LogP contribution in [0.2, 0.25) is 5.02 Å². The summed E-state index contributed by atoms with van der Waals surface area (Å²) in [5.41, 5.74) is 0.902. The summed E-state index contributed by atoms with van der Waals surface area (Å²) in [4.78, 5) is 15.9. The fourth-order valence-electron chi connectivity index (χ4n) is 2.62. The number of para-hydroxylation sites is 1. The lowest BCUT2D eigenvalue weighted by molar-refractivity contribution is 0.208. The summed E-state index contributed by atoms with van der Waals surface area (Å²) in [7, 11) is 0. The van der Waals surface area contributed by atoms with E-state index in [9.17, 15) is 13.6 Å². The number of nitrogens with zero attached hydrogens (tertiary/aromatic N) is 2. The molecule has 0 spiro atoms. The molecule has 1 saturated heterocycles. The van der Waals surface area contributed by atoms with Crippen molar-refractivity contribution in [1.29, 1.82) is 0 Å². The van der Waals surface area contributed by atoms with Crippen LogP contribution in [0.4, 0.5) is 25.0 Å². The molecule has 1 heterocycles. The second-order valence-corrected chi connectivity index (χ2v) is 5.88. The minimum absolute atomic E-state index is 0.00914. The minimum Gasteiger partial charge on any atom is -0.368 e. The SMILES string of the molecule is O=C(Nc1c(F)cccc1Cl)N1CCN(c2ccc(F)cc2)CC1. The van der Waals surface area contributed by atoms with Gasteiger partial charge in [0, 0.05) is 31.9 Å². The molecular formula is C17H16ClF2N3O. The van der Waals surface area contributed by atoms with Gasteiger partial charge in [-0.3, -0.25) is 0 Å². The predicted octanol–water partition coefficient (Wildman–Crippen LogP) is 3.97. The van der Waals surface area contributed by atoms with Crippen molar-refractivity contribution < 1.29 is 13.6 Å². The van der Waals surface area contributed by atoms with Crippen LogP contribution < -0.4 is 10.2 Å². The van der Waals surface area contributed by atoms with Gasteiger partial charge in [-0.25, -0.2) is 13.6 Å². The Morgan fingerprint density at radius 2 is 1.67 bits per heavy atom. The molecule has 0 aliphatic carbocycles. The molecule has 1 aliphatic heterocycles. The Bertz CT molecular complexity index is 711. The summed E-state index contributed by atoms with van der Waals surface area (Å²) in [6.07, 6.45) is 0. The monoisotopic (exact) mass is 351 g/mol. The van der Waals surface area contributed by atoms with Gasteiger partial charge >= 0.3 is 6.03 Å². The molecule has 0 radical (unpaired) electrons. The maximum atomic E-state index is 13.7. The standard InChI is InChI=1S/C17H16ClF2N3O/c18-14-2-1-3-15(20)16(14)21-17(24)23-10-8-22(9-11-23)13-6-4-12(19)5-7-13/h1-7H,8-11H2,(H,21,24). The van der Waals surface area contributed by atoms with Crippen LogP contribution >= 0.6 is 11.6 Å². The Kier molecular flexibility index (Phi) is 4.85. The highest BCUT2D eigenvalue weighted by molar-refractivity contribution is 6.33. The molecule has 1 aliphatic rings. The van der Waals surface area contributed by atoms with Crippen LogP contribution in [0.15, 0.2) is 42.5 Å². The average molecular weight is 352 g/mol. The Morgan fingerprint density at radius 1 is 1.00 bits per heavy atom. The van der Waals surface area contributed by atoms with Crippen molar-refractivity contribution >= 4 is 29.0 Å². The number of amides is 2. The number of benzene rings is 2. The van der Waals surface area contributed by atoms with Crippen molar-refractivity contribution in [2.45, 2.75) is 0 Å². The molecule has 4 nitrogen and oxygen atoms in total. The zero-order valence-corrected chi connectivity index (χ0v) is 13.6. The van der Waals surface area contributed by atoms with Gasteiger partial charge in [0.1, 0.15) is 11.6 Å². The third-order valence-electron chi connectivity index (χ3n) is 3.95. The number of carbonyl (C=O) groups is 1. The summed E-state index contributed by atoms with van der Waals surface area (Å²) in [6, 6.07) is 10.1. The molecule has 0 aromatic heterocycles. The highest BCUT2D eigenvalue weighted by Crippen LogP contribution is 2.25. The topological polar surface area (TPSA) is 35.6 Å². The minimum atomic E-state index is -0.569. The van der Waals surface area contributed by atoms with Crippen LogP contribution in [0.3, 0.4) is 0 Å². The molecular weight excluding hydrogens is 336 g/mol. The summed E-state index contributed by atoms with van der Waals surface area (Å²) in [6.45, 7) is 2.19. The second-order valence-electron chi connectivity index (χ2n) is 5.48. The molecule has 0 atom stereocenters. The van der Waals surface area contributed by atoms with Crippen LogP contribution in [0.25, 0.3) is 0 Å². The highest BCUT2D eigenvalue weighted by Gasteiger charge is 2.22. The number of nitrogens with one attached hydrogen (secondary N) is 1. The van der Waals surface area contributed by atoms with E-state index in [1.165, 1.54) is 30.3 Å². The van der Waals surface area contributed by atoms with Crippen molar-refractivity contribution in [1.82, 2.24) is 4.90 Å². The fraction of sp³-hybridized carbons (Fsp3) is 0.235. The van der Waals surface area contributed by atoms with Gasteiger partial charge in [-0.05, 0) is 36.4 Å². The summed E-state index contributed by atoms with van der Waals surface area (Å²) in [5, 5.41) is 2.68. The molecule has 24 heavy (non-hydrogen) atoms. The van der Waals surface area contributed by atoms with Gasteiger partial charge in [-0.15, -0.1) is 0 Å². The molecule has 1 N–H and O–H groups in total. The lowest BCUT2D eigenvalue weighted by atomic mass is 10.2. The zero-order chi connectivity index (χ0) is 17.1. The van der Waals surface area contributed by atoms with Gasteiger partial charge in [0.05, 0.1) is 10.7 Å². The summed E-state index contributed by atoms with van der Waals surface area (Å²) < 4.78 is 26.7. The molecule has 2 aromatic rings. The van der Waals surface area contributed by atoms with E-state index >= 15 is 0 Å². The first-order valence-electron chi connectivity index (χ1n) is 7.55. The lowest BCUT2D eigenvalue weighted by Crippen LogP contribution is -2.50. The molecule has 0 saturated carbocycles. The maximum absolute atomic E-state index is 13.7. The Balaban J connectivity index is 1.60. The van der Waals surface area contributed by atoms with Crippen molar-refractivity contribution in [2.24, 2.45) is 0 Å². The van der Waals surface area contributed by atoms with E-state index in [-0.39, 0.29) is 22.6 Å². The molecule has 7 heteroatoms. The quantitative estimate of drug-likeness (QED) is 0.888. The summed E-state index contributed by atoms with van der Waals surface area (Å²) >= 11 is 5.92. The van der Waals surface area contributed by atoms with Crippen molar-refractivity contribution in [2.75, 3.05) is 36.4 Å². The first-order chi connectivity index (χ1) is 11.5. The lowest BCUT2D eigenvalue weighted by Gasteiger charge is -2.36. The average Bonchev–Trinajstić information content (AvgIpc) is 2.59. The normalized spacial score (nSPS) is 14.6. The number of urea groups is 1. The first-order valence-corrected chi connectivity index (χ1v) is 7.93.